The van der Waals surface area contributed by atoms with Crippen LogP contribution in [0.4, 0.5) is 5.69 Å². The van der Waals surface area contributed by atoms with E-state index in [1.54, 1.807) is 24.2 Å². The molecule has 0 aliphatic carbocycles. The van der Waals surface area contributed by atoms with Crippen LogP contribution >= 0.6 is 11.8 Å². The monoisotopic (exact) mass is 429 g/mol. The number of carbonyl (C=O) groups is 1. The summed E-state index contributed by atoms with van der Waals surface area (Å²) < 4.78 is 5.79. The van der Waals surface area contributed by atoms with Crippen molar-refractivity contribution >= 4 is 23.4 Å². The summed E-state index contributed by atoms with van der Waals surface area (Å²) in [6.07, 6.45) is 6.12. The molecule has 0 radical (unpaired) electrons. The van der Waals surface area contributed by atoms with Gasteiger partial charge in [0.05, 0.1) is 6.20 Å². The maximum Gasteiger partial charge on any atom is 0.224 e. The van der Waals surface area contributed by atoms with Crippen LogP contribution in [0.25, 0.3) is 11.3 Å². The summed E-state index contributed by atoms with van der Waals surface area (Å²) in [7, 11) is 0. The van der Waals surface area contributed by atoms with Gasteiger partial charge in [-0.1, -0.05) is 35.9 Å². The minimum atomic E-state index is -0.0640. The van der Waals surface area contributed by atoms with Gasteiger partial charge in [-0.2, -0.15) is 0 Å². The third-order valence-electron chi connectivity index (χ3n) is 4.72. The molecule has 0 fully saturated rings. The predicted octanol–water partition coefficient (Wildman–Crippen LogP) is 5.91. The Morgan fingerprint density at radius 3 is 2.58 bits per heavy atom. The SMILES string of the molecule is Cc1ccc(-c2cnc(CCC(=O)Nc3ccc(SCc4cccnc4)cc3)o2)cc1. The van der Waals surface area contributed by atoms with E-state index in [1.165, 1.54) is 11.1 Å². The summed E-state index contributed by atoms with van der Waals surface area (Å²) in [6.45, 7) is 2.04. The molecule has 0 saturated heterocycles. The Kier molecular flexibility index (Phi) is 6.79. The van der Waals surface area contributed by atoms with E-state index in [1.807, 2.05) is 67.7 Å². The number of hydrogen-bond acceptors (Lipinski definition) is 5. The van der Waals surface area contributed by atoms with E-state index in [0.717, 1.165) is 27.7 Å². The van der Waals surface area contributed by atoms with Crippen molar-refractivity contribution in [3.8, 4) is 11.3 Å². The first-order valence-electron chi connectivity index (χ1n) is 10.1. The van der Waals surface area contributed by atoms with Gasteiger partial charge < -0.3 is 9.73 Å². The van der Waals surface area contributed by atoms with E-state index >= 15 is 0 Å². The second kappa shape index (κ2) is 10.1. The van der Waals surface area contributed by atoms with Crippen molar-refractivity contribution in [1.82, 2.24) is 9.97 Å². The van der Waals surface area contributed by atoms with Gasteiger partial charge in [-0.25, -0.2) is 4.98 Å². The van der Waals surface area contributed by atoms with Crippen LogP contribution in [0, 0.1) is 6.92 Å². The number of benzene rings is 2. The predicted molar refractivity (Wildman–Crippen MR) is 124 cm³/mol. The molecule has 0 aliphatic rings. The molecule has 0 saturated carbocycles. The minimum absolute atomic E-state index is 0.0640. The molecular weight excluding hydrogens is 406 g/mol. The number of carbonyl (C=O) groups excluding carboxylic acids is 1. The maximum absolute atomic E-state index is 12.3. The minimum Gasteiger partial charge on any atom is -0.441 e. The van der Waals surface area contributed by atoms with Crippen LogP contribution in [0.1, 0.15) is 23.4 Å². The highest BCUT2D eigenvalue weighted by Crippen LogP contribution is 2.24. The van der Waals surface area contributed by atoms with Crippen LogP contribution in [0.15, 0.2) is 88.6 Å². The number of oxazole rings is 1. The van der Waals surface area contributed by atoms with Crippen molar-refractivity contribution in [3.05, 3.63) is 96.3 Å². The normalized spacial score (nSPS) is 10.7. The van der Waals surface area contributed by atoms with Crippen LogP contribution in [0.2, 0.25) is 0 Å². The first kappa shape index (κ1) is 20.9. The number of thioether (sulfide) groups is 1. The summed E-state index contributed by atoms with van der Waals surface area (Å²) in [5, 5.41) is 2.93. The average Bonchev–Trinajstić information content (AvgIpc) is 3.28. The summed E-state index contributed by atoms with van der Waals surface area (Å²) in [5.74, 6) is 2.08. The Labute approximate surface area is 185 Å². The lowest BCUT2D eigenvalue weighted by molar-refractivity contribution is -0.116. The molecule has 2 aromatic carbocycles. The van der Waals surface area contributed by atoms with Gasteiger partial charge >= 0.3 is 0 Å². The van der Waals surface area contributed by atoms with Crippen molar-refractivity contribution in [1.29, 1.82) is 0 Å². The average molecular weight is 430 g/mol. The van der Waals surface area contributed by atoms with Crippen molar-refractivity contribution in [2.45, 2.75) is 30.4 Å². The van der Waals surface area contributed by atoms with E-state index in [2.05, 4.69) is 21.4 Å². The molecule has 156 valence electrons. The Bertz CT molecular complexity index is 1120. The fourth-order valence-electron chi connectivity index (χ4n) is 3.01. The van der Waals surface area contributed by atoms with Crippen molar-refractivity contribution < 1.29 is 9.21 Å². The zero-order chi connectivity index (χ0) is 21.5. The summed E-state index contributed by atoms with van der Waals surface area (Å²) in [5.41, 5.74) is 4.14. The van der Waals surface area contributed by atoms with Gasteiger partial charge in [0.15, 0.2) is 11.7 Å². The second-order valence-corrected chi connectivity index (χ2v) is 8.26. The number of hydrogen-bond donors (Lipinski definition) is 1. The quantitative estimate of drug-likeness (QED) is 0.353. The van der Waals surface area contributed by atoms with Gasteiger partial charge in [0.2, 0.25) is 5.91 Å². The Morgan fingerprint density at radius 1 is 1.03 bits per heavy atom. The van der Waals surface area contributed by atoms with Gasteiger partial charge in [-0.3, -0.25) is 9.78 Å². The number of amides is 1. The molecule has 0 bridgehead atoms. The Morgan fingerprint density at radius 2 is 1.84 bits per heavy atom. The number of pyridine rings is 1. The number of nitrogens with one attached hydrogen (secondary N) is 1. The molecule has 2 aromatic heterocycles. The fourth-order valence-corrected chi connectivity index (χ4v) is 3.84. The summed E-state index contributed by atoms with van der Waals surface area (Å²) >= 11 is 1.74. The van der Waals surface area contributed by atoms with Crippen LogP contribution in [0.3, 0.4) is 0 Å². The third kappa shape index (κ3) is 6.06. The molecule has 1 N–H and O–H groups in total. The zero-order valence-electron chi connectivity index (χ0n) is 17.2. The number of nitrogens with zero attached hydrogens (tertiary/aromatic N) is 2. The molecule has 4 aromatic rings. The number of aromatic nitrogens is 2. The van der Waals surface area contributed by atoms with Crippen LogP contribution in [0.5, 0.6) is 0 Å². The molecule has 1 amide bonds. The van der Waals surface area contributed by atoms with Gasteiger partial charge in [0.25, 0.3) is 0 Å². The van der Waals surface area contributed by atoms with Gasteiger partial charge in [0, 0.05) is 47.1 Å². The standard InChI is InChI=1S/C25H23N3O2S/c1-18-4-6-20(7-5-18)23-16-27-25(30-23)13-12-24(29)28-21-8-10-22(11-9-21)31-17-19-3-2-14-26-15-19/h2-11,14-16H,12-13,17H2,1H3,(H,28,29). The highest BCUT2D eigenvalue weighted by molar-refractivity contribution is 7.98. The van der Waals surface area contributed by atoms with Crippen LogP contribution in [-0.4, -0.2) is 15.9 Å². The first-order valence-corrected chi connectivity index (χ1v) is 11.1. The molecule has 0 spiro atoms. The molecule has 5 nitrogen and oxygen atoms in total. The lowest BCUT2D eigenvalue weighted by Crippen LogP contribution is -2.12. The van der Waals surface area contributed by atoms with Crippen molar-refractivity contribution in [2.24, 2.45) is 0 Å². The Hall–Kier alpha value is -3.38. The fraction of sp³-hybridized carbons (Fsp3) is 0.160. The van der Waals surface area contributed by atoms with Gasteiger partial charge in [0.1, 0.15) is 0 Å². The highest BCUT2D eigenvalue weighted by atomic mass is 32.2. The molecule has 2 heterocycles. The Balaban J connectivity index is 1.25. The number of rotatable bonds is 8. The molecule has 0 aliphatic heterocycles. The summed E-state index contributed by atoms with van der Waals surface area (Å²) in [4.78, 5) is 21.9. The molecule has 6 heteroatoms. The largest absolute Gasteiger partial charge is 0.441 e. The highest BCUT2D eigenvalue weighted by Gasteiger charge is 2.09. The van der Waals surface area contributed by atoms with Gasteiger partial charge in [-0.05, 0) is 42.8 Å². The zero-order valence-corrected chi connectivity index (χ0v) is 18.1. The summed E-state index contributed by atoms with van der Waals surface area (Å²) in [6, 6.07) is 19.9. The molecule has 0 atom stereocenters. The molecule has 4 rings (SSSR count). The first-order chi connectivity index (χ1) is 15.2. The molecular formula is C25H23N3O2S. The van der Waals surface area contributed by atoms with Crippen molar-refractivity contribution in [3.63, 3.8) is 0 Å². The number of anilines is 1. The van der Waals surface area contributed by atoms with E-state index in [-0.39, 0.29) is 5.91 Å². The molecule has 0 unspecified atom stereocenters. The second-order valence-electron chi connectivity index (χ2n) is 7.21. The van der Waals surface area contributed by atoms with E-state index in [9.17, 15) is 4.79 Å². The molecule has 31 heavy (non-hydrogen) atoms. The smallest absolute Gasteiger partial charge is 0.224 e. The van der Waals surface area contributed by atoms with E-state index < -0.39 is 0 Å². The van der Waals surface area contributed by atoms with Gasteiger partial charge in [-0.15, -0.1) is 11.8 Å². The topological polar surface area (TPSA) is 68.0 Å². The van der Waals surface area contributed by atoms with E-state index in [0.29, 0.717) is 18.7 Å². The third-order valence-corrected chi connectivity index (χ3v) is 5.81. The lowest BCUT2D eigenvalue weighted by atomic mass is 10.1. The lowest BCUT2D eigenvalue weighted by Gasteiger charge is -2.06. The maximum atomic E-state index is 12.3. The number of aryl methyl sites for hydroxylation is 2. The van der Waals surface area contributed by atoms with Crippen LogP contribution < -0.4 is 5.32 Å². The van der Waals surface area contributed by atoms with Crippen molar-refractivity contribution in [2.75, 3.05) is 5.32 Å². The van der Waals surface area contributed by atoms with E-state index in [4.69, 9.17) is 4.42 Å². The van der Waals surface area contributed by atoms with Crippen LogP contribution in [-0.2, 0) is 17.0 Å².